The van der Waals surface area contributed by atoms with E-state index in [9.17, 15) is 0 Å². The van der Waals surface area contributed by atoms with E-state index in [2.05, 4.69) is 44.7 Å². The number of anilines is 1. The number of aryl methyl sites for hydroxylation is 2. The van der Waals surface area contributed by atoms with Crippen molar-refractivity contribution in [3.63, 3.8) is 0 Å². The Hall–Kier alpha value is -1.49. The predicted molar refractivity (Wildman–Crippen MR) is 85.4 cm³/mol. The maximum atomic E-state index is 6.00. The summed E-state index contributed by atoms with van der Waals surface area (Å²) in [6.07, 6.45) is 0.864. The van der Waals surface area contributed by atoms with Gasteiger partial charge in [0.15, 0.2) is 5.82 Å². The van der Waals surface area contributed by atoms with Crippen LogP contribution in [-0.4, -0.2) is 15.0 Å². The van der Waals surface area contributed by atoms with Crippen molar-refractivity contribution >= 4 is 21.7 Å². The molecule has 106 valence electrons. The lowest BCUT2D eigenvalue weighted by Crippen LogP contribution is -2.06. The molecule has 0 atom stereocenters. The van der Waals surface area contributed by atoms with Gasteiger partial charge in [0.05, 0.1) is 10.2 Å². The molecule has 5 heteroatoms. The van der Waals surface area contributed by atoms with Crippen LogP contribution in [0, 0.1) is 19.8 Å². The molecule has 0 aliphatic carbocycles. The van der Waals surface area contributed by atoms with E-state index < -0.39 is 0 Å². The number of nitrogens with zero attached hydrogens (tertiary/aromatic N) is 3. The molecule has 2 aromatic heterocycles. The Bertz CT molecular complexity index is 618. The van der Waals surface area contributed by atoms with Crippen LogP contribution in [0.15, 0.2) is 16.6 Å². The number of hydrogen-bond acceptors (Lipinski definition) is 4. The third-order valence-corrected chi connectivity index (χ3v) is 3.75. The van der Waals surface area contributed by atoms with Gasteiger partial charge in [-0.05, 0) is 54.2 Å². The lowest BCUT2D eigenvalue weighted by Gasteiger charge is -2.11. The minimum Gasteiger partial charge on any atom is -0.383 e. The zero-order valence-electron chi connectivity index (χ0n) is 12.2. The van der Waals surface area contributed by atoms with Gasteiger partial charge in [-0.3, -0.25) is 4.98 Å². The van der Waals surface area contributed by atoms with Crippen molar-refractivity contribution in [1.82, 2.24) is 15.0 Å². The van der Waals surface area contributed by atoms with Crippen LogP contribution in [0.1, 0.15) is 30.9 Å². The number of rotatable bonds is 3. The smallest absolute Gasteiger partial charge is 0.161 e. The van der Waals surface area contributed by atoms with Crippen LogP contribution >= 0.6 is 15.9 Å². The standard InChI is InChI=1S/C15H19BrN4/c1-8(2)5-12-13(16)14(17)20-15(19-12)11-6-9(3)18-10(4)7-11/h6-8H,5H2,1-4H3,(H2,17,19,20). The molecule has 20 heavy (non-hydrogen) atoms. The van der Waals surface area contributed by atoms with Crippen LogP contribution in [0.4, 0.5) is 5.82 Å². The quantitative estimate of drug-likeness (QED) is 0.929. The van der Waals surface area contributed by atoms with E-state index in [4.69, 9.17) is 5.73 Å². The van der Waals surface area contributed by atoms with Crippen LogP contribution in [0.5, 0.6) is 0 Å². The van der Waals surface area contributed by atoms with Crippen molar-refractivity contribution in [1.29, 1.82) is 0 Å². The average Bonchev–Trinajstić information content (AvgIpc) is 2.32. The normalized spacial score (nSPS) is 11.1. The van der Waals surface area contributed by atoms with E-state index in [0.717, 1.165) is 33.5 Å². The van der Waals surface area contributed by atoms with Crippen LogP contribution < -0.4 is 5.73 Å². The number of nitrogens with two attached hydrogens (primary N) is 1. The second kappa shape index (κ2) is 5.87. The Labute approximate surface area is 128 Å². The van der Waals surface area contributed by atoms with Crippen molar-refractivity contribution < 1.29 is 0 Å². The highest BCUT2D eigenvalue weighted by atomic mass is 79.9. The lowest BCUT2D eigenvalue weighted by molar-refractivity contribution is 0.633. The number of pyridine rings is 1. The highest BCUT2D eigenvalue weighted by Crippen LogP contribution is 2.27. The van der Waals surface area contributed by atoms with Crippen molar-refractivity contribution in [2.75, 3.05) is 5.73 Å². The fourth-order valence-electron chi connectivity index (χ4n) is 2.13. The molecule has 0 bridgehead atoms. The highest BCUT2D eigenvalue weighted by Gasteiger charge is 2.13. The predicted octanol–water partition coefficient (Wildman–Crippen LogP) is 3.70. The van der Waals surface area contributed by atoms with Gasteiger partial charge in [0.2, 0.25) is 0 Å². The van der Waals surface area contributed by atoms with E-state index in [1.54, 1.807) is 0 Å². The molecule has 2 aromatic rings. The first-order chi connectivity index (χ1) is 9.36. The van der Waals surface area contributed by atoms with Gasteiger partial charge < -0.3 is 5.73 Å². The molecule has 0 unspecified atom stereocenters. The van der Waals surface area contributed by atoms with Gasteiger partial charge in [-0.1, -0.05) is 13.8 Å². The summed E-state index contributed by atoms with van der Waals surface area (Å²) in [5.41, 5.74) is 9.82. The zero-order valence-corrected chi connectivity index (χ0v) is 13.8. The molecule has 0 spiro atoms. The monoisotopic (exact) mass is 334 g/mol. The van der Waals surface area contributed by atoms with E-state index in [-0.39, 0.29) is 0 Å². The van der Waals surface area contributed by atoms with Crippen LogP contribution in [0.2, 0.25) is 0 Å². The van der Waals surface area contributed by atoms with E-state index >= 15 is 0 Å². The Balaban J connectivity index is 2.54. The summed E-state index contributed by atoms with van der Waals surface area (Å²) in [6.45, 7) is 8.25. The molecule has 4 nitrogen and oxygen atoms in total. The molecule has 2 heterocycles. The molecule has 0 amide bonds. The molecule has 0 saturated heterocycles. The largest absolute Gasteiger partial charge is 0.383 e. The van der Waals surface area contributed by atoms with Gasteiger partial charge in [-0.25, -0.2) is 9.97 Å². The van der Waals surface area contributed by atoms with Gasteiger partial charge in [0, 0.05) is 17.0 Å². The Kier molecular flexibility index (Phi) is 4.38. The summed E-state index contributed by atoms with van der Waals surface area (Å²) in [5.74, 6) is 1.65. The second-order valence-corrected chi connectivity index (χ2v) is 6.22. The Morgan fingerprint density at radius 3 is 2.25 bits per heavy atom. The molecule has 0 radical (unpaired) electrons. The van der Waals surface area contributed by atoms with Crippen molar-refractivity contribution in [2.24, 2.45) is 5.92 Å². The van der Waals surface area contributed by atoms with E-state index in [1.165, 1.54) is 0 Å². The number of hydrogen-bond donors (Lipinski definition) is 1. The Morgan fingerprint density at radius 2 is 1.70 bits per heavy atom. The van der Waals surface area contributed by atoms with Crippen LogP contribution in [-0.2, 0) is 6.42 Å². The summed E-state index contributed by atoms with van der Waals surface area (Å²) < 4.78 is 0.803. The zero-order chi connectivity index (χ0) is 14.9. The SMILES string of the molecule is Cc1cc(-c2nc(N)c(Br)c(CC(C)C)n2)cc(C)n1. The first kappa shape index (κ1) is 14.9. The van der Waals surface area contributed by atoms with Crippen LogP contribution in [0.25, 0.3) is 11.4 Å². The highest BCUT2D eigenvalue weighted by molar-refractivity contribution is 9.10. The molecule has 0 aliphatic heterocycles. The van der Waals surface area contributed by atoms with E-state index in [0.29, 0.717) is 17.6 Å². The lowest BCUT2D eigenvalue weighted by atomic mass is 10.1. The third kappa shape index (κ3) is 3.33. The summed E-state index contributed by atoms with van der Waals surface area (Å²) in [7, 11) is 0. The van der Waals surface area contributed by atoms with Crippen molar-refractivity contribution in [2.45, 2.75) is 34.1 Å². The first-order valence-corrected chi connectivity index (χ1v) is 7.43. The minimum absolute atomic E-state index is 0.484. The fourth-order valence-corrected chi connectivity index (χ4v) is 2.47. The molecule has 2 N–H and O–H groups in total. The van der Waals surface area contributed by atoms with Gasteiger partial charge >= 0.3 is 0 Å². The van der Waals surface area contributed by atoms with Gasteiger partial charge in [0.1, 0.15) is 5.82 Å². The number of aromatic nitrogens is 3. The van der Waals surface area contributed by atoms with Gasteiger partial charge in [0.25, 0.3) is 0 Å². The molecular weight excluding hydrogens is 316 g/mol. The minimum atomic E-state index is 0.484. The maximum absolute atomic E-state index is 6.00. The molecule has 2 rings (SSSR count). The second-order valence-electron chi connectivity index (χ2n) is 5.43. The Morgan fingerprint density at radius 1 is 1.10 bits per heavy atom. The molecular formula is C15H19BrN4. The summed E-state index contributed by atoms with van der Waals surface area (Å²) in [6, 6.07) is 3.96. The van der Waals surface area contributed by atoms with Crippen molar-refractivity contribution in [3.8, 4) is 11.4 Å². The summed E-state index contributed by atoms with van der Waals surface area (Å²) in [5, 5.41) is 0. The molecule has 0 aromatic carbocycles. The number of halogens is 1. The van der Waals surface area contributed by atoms with E-state index in [1.807, 2.05) is 26.0 Å². The topological polar surface area (TPSA) is 64.7 Å². The van der Waals surface area contributed by atoms with Crippen molar-refractivity contribution in [3.05, 3.63) is 33.7 Å². The molecule has 0 fully saturated rings. The molecule has 0 aliphatic rings. The van der Waals surface area contributed by atoms with Gasteiger partial charge in [-0.2, -0.15) is 0 Å². The van der Waals surface area contributed by atoms with Gasteiger partial charge in [-0.15, -0.1) is 0 Å². The number of nitrogen functional groups attached to an aromatic ring is 1. The maximum Gasteiger partial charge on any atom is 0.161 e. The average molecular weight is 335 g/mol. The van der Waals surface area contributed by atoms with Crippen LogP contribution in [0.3, 0.4) is 0 Å². The first-order valence-electron chi connectivity index (χ1n) is 6.64. The molecule has 0 saturated carbocycles. The summed E-state index contributed by atoms with van der Waals surface area (Å²) in [4.78, 5) is 13.4. The summed E-state index contributed by atoms with van der Waals surface area (Å²) >= 11 is 3.48. The third-order valence-electron chi connectivity index (χ3n) is 2.89. The fraction of sp³-hybridized carbons (Fsp3) is 0.400.